The maximum atomic E-state index is 5.50. The van der Waals surface area contributed by atoms with Crippen LogP contribution in [0.2, 0.25) is 0 Å². The summed E-state index contributed by atoms with van der Waals surface area (Å²) in [5.41, 5.74) is 0. The smallest absolute Gasteiger partial charge is 0.193 e. The Bertz CT molecular complexity index is 519. The van der Waals surface area contributed by atoms with Crippen molar-refractivity contribution in [3.8, 4) is 0 Å². The second-order valence-corrected chi connectivity index (χ2v) is 7.51. The molecule has 0 bridgehead atoms. The van der Waals surface area contributed by atoms with Gasteiger partial charge in [0.1, 0.15) is 0 Å². The van der Waals surface area contributed by atoms with E-state index in [9.17, 15) is 0 Å². The van der Waals surface area contributed by atoms with E-state index in [0.29, 0.717) is 13.2 Å². The van der Waals surface area contributed by atoms with Crippen molar-refractivity contribution in [1.82, 2.24) is 10.2 Å². The molecule has 154 valence electrons. The van der Waals surface area contributed by atoms with Gasteiger partial charge in [-0.25, -0.2) is 0 Å². The molecule has 1 unspecified atom stereocenters. The van der Waals surface area contributed by atoms with Crippen molar-refractivity contribution < 1.29 is 9.47 Å². The van der Waals surface area contributed by atoms with Gasteiger partial charge >= 0.3 is 0 Å². The van der Waals surface area contributed by atoms with Gasteiger partial charge in [0.25, 0.3) is 0 Å². The predicted molar refractivity (Wildman–Crippen MR) is 126 cm³/mol. The maximum absolute atomic E-state index is 5.50. The van der Waals surface area contributed by atoms with Crippen molar-refractivity contribution in [3.05, 3.63) is 30.3 Å². The average Bonchev–Trinajstić information content (AvgIpc) is 3.14. The Kier molecular flexibility index (Phi) is 14.0. The Morgan fingerprint density at radius 3 is 2.81 bits per heavy atom. The zero-order valence-corrected chi connectivity index (χ0v) is 19.7. The predicted octanol–water partition coefficient (Wildman–Crippen LogP) is 3.74. The maximum Gasteiger partial charge on any atom is 0.193 e. The van der Waals surface area contributed by atoms with Crippen LogP contribution >= 0.6 is 35.7 Å². The summed E-state index contributed by atoms with van der Waals surface area (Å²) in [6.07, 6.45) is 2.18. The number of guanidine groups is 1. The lowest BCUT2D eigenvalue weighted by Gasteiger charge is -2.21. The number of methoxy groups -OCH3 is 1. The zero-order valence-electron chi connectivity index (χ0n) is 16.6. The third kappa shape index (κ3) is 10.0. The van der Waals surface area contributed by atoms with E-state index in [1.807, 2.05) is 11.8 Å². The second kappa shape index (κ2) is 15.4. The number of hydrogen-bond acceptors (Lipinski definition) is 4. The van der Waals surface area contributed by atoms with Crippen LogP contribution in [0.15, 0.2) is 40.2 Å². The number of likely N-dealkylation sites (tertiary alicyclic amines) is 1. The molecule has 0 aliphatic carbocycles. The Labute approximate surface area is 185 Å². The fourth-order valence-electron chi connectivity index (χ4n) is 2.91. The second-order valence-electron chi connectivity index (χ2n) is 6.42. The van der Waals surface area contributed by atoms with Crippen molar-refractivity contribution >= 4 is 41.7 Å². The Morgan fingerprint density at radius 2 is 2.07 bits per heavy atom. The summed E-state index contributed by atoms with van der Waals surface area (Å²) in [6.45, 7) is 8.07. The van der Waals surface area contributed by atoms with Crippen molar-refractivity contribution in [2.24, 2.45) is 10.9 Å². The highest BCUT2D eigenvalue weighted by Gasteiger charge is 2.24. The number of rotatable bonds is 11. The number of halogens is 1. The molecule has 0 saturated carbocycles. The first-order valence-electron chi connectivity index (χ1n) is 9.61. The number of benzene rings is 1. The number of nitrogens with one attached hydrogen (secondary N) is 1. The quantitative estimate of drug-likeness (QED) is 0.163. The first-order chi connectivity index (χ1) is 12.8. The van der Waals surface area contributed by atoms with E-state index < -0.39 is 0 Å². The molecule has 1 N–H and O–H groups in total. The van der Waals surface area contributed by atoms with Gasteiger partial charge < -0.3 is 19.7 Å². The highest BCUT2D eigenvalue weighted by atomic mass is 127. The molecule has 1 aliphatic rings. The number of hydrogen-bond donors (Lipinski definition) is 1. The number of aliphatic imine (C=N–C) groups is 1. The monoisotopic (exact) mass is 507 g/mol. The van der Waals surface area contributed by atoms with Gasteiger partial charge in [-0.05, 0) is 37.8 Å². The topological polar surface area (TPSA) is 46.1 Å². The molecule has 1 saturated heterocycles. The van der Waals surface area contributed by atoms with Gasteiger partial charge in [0.05, 0.1) is 13.2 Å². The van der Waals surface area contributed by atoms with Crippen molar-refractivity contribution in [3.63, 3.8) is 0 Å². The number of ether oxygens (including phenoxy) is 2. The van der Waals surface area contributed by atoms with Gasteiger partial charge in [-0.3, -0.25) is 4.99 Å². The standard InChI is InChI=1S/C20H33N3O2S.HI/c1-3-21-20(22-11-7-13-25-15-14-24-2)23-12-10-18(16-23)17-26-19-8-5-4-6-9-19;/h4-6,8-9,18H,3,7,10-17H2,1-2H3,(H,21,22);1H. The Balaban J connectivity index is 0.00000364. The fraction of sp³-hybridized carbons (Fsp3) is 0.650. The van der Waals surface area contributed by atoms with Crippen LogP contribution in [0.4, 0.5) is 0 Å². The van der Waals surface area contributed by atoms with Crippen LogP contribution in [0.25, 0.3) is 0 Å². The minimum absolute atomic E-state index is 0. The summed E-state index contributed by atoms with van der Waals surface area (Å²) in [4.78, 5) is 8.55. The van der Waals surface area contributed by atoms with E-state index in [-0.39, 0.29) is 24.0 Å². The van der Waals surface area contributed by atoms with E-state index in [4.69, 9.17) is 14.5 Å². The average molecular weight is 507 g/mol. The lowest BCUT2D eigenvalue weighted by molar-refractivity contribution is 0.0702. The summed E-state index contributed by atoms with van der Waals surface area (Å²) in [6, 6.07) is 10.7. The molecular weight excluding hydrogens is 473 g/mol. The minimum Gasteiger partial charge on any atom is -0.382 e. The third-order valence-corrected chi connectivity index (χ3v) is 5.53. The van der Waals surface area contributed by atoms with Gasteiger partial charge in [0.2, 0.25) is 0 Å². The lowest BCUT2D eigenvalue weighted by atomic mass is 10.2. The summed E-state index contributed by atoms with van der Waals surface area (Å²) < 4.78 is 10.5. The van der Waals surface area contributed by atoms with Crippen LogP contribution in [0.5, 0.6) is 0 Å². The highest BCUT2D eigenvalue weighted by molar-refractivity contribution is 14.0. The largest absolute Gasteiger partial charge is 0.382 e. The van der Waals surface area contributed by atoms with Crippen LogP contribution in [0.3, 0.4) is 0 Å². The Hall–Kier alpha value is -0.510. The molecule has 27 heavy (non-hydrogen) atoms. The van der Waals surface area contributed by atoms with Gasteiger partial charge in [-0.1, -0.05) is 18.2 Å². The molecule has 1 aromatic rings. The normalized spacial score (nSPS) is 17.0. The number of thioether (sulfide) groups is 1. The summed E-state index contributed by atoms with van der Waals surface area (Å²) in [5.74, 6) is 2.95. The first-order valence-corrected chi connectivity index (χ1v) is 10.6. The van der Waals surface area contributed by atoms with E-state index >= 15 is 0 Å². The van der Waals surface area contributed by atoms with Gasteiger partial charge in [0, 0.05) is 50.5 Å². The molecule has 1 fully saturated rings. The van der Waals surface area contributed by atoms with Gasteiger partial charge in [-0.2, -0.15) is 0 Å². The molecule has 1 heterocycles. The van der Waals surface area contributed by atoms with Crippen LogP contribution in [-0.4, -0.2) is 69.7 Å². The molecule has 0 spiro atoms. The van der Waals surface area contributed by atoms with E-state index in [1.54, 1.807) is 7.11 Å². The summed E-state index contributed by atoms with van der Waals surface area (Å²) in [7, 11) is 1.69. The van der Waals surface area contributed by atoms with Gasteiger partial charge in [0.15, 0.2) is 5.96 Å². The highest BCUT2D eigenvalue weighted by Crippen LogP contribution is 2.25. The van der Waals surface area contributed by atoms with Crippen LogP contribution in [-0.2, 0) is 9.47 Å². The zero-order chi connectivity index (χ0) is 18.5. The summed E-state index contributed by atoms with van der Waals surface area (Å²) in [5, 5.41) is 3.44. The van der Waals surface area contributed by atoms with E-state index in [1.165, 1.54) is 17.1 Å². The van der Waals surface area contributed by atoms with E-state index in [0.717, 1.165) is 51.1 Å². The molecule has 7 heteroatoms. The van der Waals surface area contributed by atoms with Crippen LogP contribution in [0.1, 0.15) is 19.8 Å². The molecule has 0 aromatic heterocycles. The third-order valence-electron chi connectivity index (χ3n) is 4.29. The molecule has 2 rings (SSSR count). The van der Waals surface area contributed by atoms with Crippen molar-refractivity contribution in [1.29, 1.82) is 0 Å². The van der Waals surface area contributed by atoms with Crippen molar-refractivity contribution in [2.45, 2.75) is 24.7 Å². The minimum atomic E-state index is 0. The van der Waals surface area contributed by atoms with Crippen LogP contribution < -0.4 is 5.32 Å². The molecule has 5 nitrogen and oxygen atoms in total. The van der Waals surface area contributed by atoms with Crippen LogP contribution in [0, 0.1) is 5.92 Å². The molecule has 1 aliphatic heterocycles. The van der Waals surface area contributed by atoms with E-state index in [2.05, 4.69) is 47.5 Å². The molecule has 1 atom stereocenters. The van der Waals surface area contributed by atoms with Gasteiger partial charge in [-0.15, -0.1) is 35.7 Å². The SMILES string of the molecule is CCNC(=NCCCOCCOC)N1CCC(CSc2ccccc2)C1.I. The van der Waals surface area contributed by atoms with Crippen molar-refractivity contribution in [2.75, 3.05) is 58.9 Å². The summed E-state index contributed by atoms with van der Waals surface area (Å²) >= 11 is 1.96. The lowest BCUT2D eigenvalue weighted by Crippen LogP contribution is -2.40. The molecule has 1 aromatic carbocycles. The Morgan fingerprint density at radius 1 is 1.26 bits per heavy atom. The molecule has 0 radical (unpaired) electrons. The first kappa shape index (κ1) is 24.5. The number of nitrogens with zero attached hydrogens (tertiary/aromatic N) is 2. The fourth-order valence-corrected chi connectivity index (χ4v) is 3.96. The molecular formula is C20H34IN3O2S. The molecule has 0 amide bonds.